The van der Waals surface area contributed by atoms with Gasteiger partial charge in [-0.05, 0) is 31.2 Å². The van der Waals surface area contributed by atoms with E-state index in [1.807, 2.05) is 43.3 Å². The highest BCUT2D eigenvalue weighted by Gasteiger charge is 2.31. The highest BCUT2D eigenvalue weighted by atomic mass is 32.3. The van der Waals surface area contributed by atoms with Crippen molar-refractivity contribution in [2.24, 2.45) is 0 Å². The van der Waals surface area contributed by atoms with Crippen molar-refractivity contribution >= 4 is 27.3 Å². The van der Waals surface area contributed by atoms with Crippen molar-refractivity contribution in [2.45, 2.75) is 21.3 Å². The van der Waals surface area contributed by atoms with E-state index in [9.17, 15) is 8.42 Å². The molecule has 0 saturated carbocycles. The third kappa shape index (κ3) is 2.43. The summed E-state index contributed by atoms with van der Waals surface area (Å²) in [5.74, 6) is 0. The Morgan fingerprint density at radius 1 is 1.10 bits per heavy atom. The summed E-state index contributed by atoms with van der Waals surface area (Å²) in [6.07, 6.45) is 0. The predicted octanol–water partition coefficient (Wildman–Crippen LogP) is 3.31. The summed E-state index contributed by atoms with van der Waals surface area (Å²) >= 11 is 1.41. The molecule has 20 heavy (non-hydrogen) atoms. The van der Waals surface area contributed by atoms with E-state index in [4.69, 9.17) is 0 Å². The zero-order valence-corrected chi connectivity index (χ0v) is 12.7. The van der Waals surface area contributed by atoms with Gasteiger partial charge in [-0.25, -0.2) is 8.42 Å². The first-order valence-electron chi connectivity index (χ1n) is 6.37. The second-order valence-corrected chi connectivity index (χ2v) is 8.46. The topological polar surface area (TPSA) is 46.2 Å². The van der Waals surface area contributed by atoms with E-state index in [1.54, 1.807) is 12.1 Å². The summed E-state index contributed by atoms with van der Waals surface area (Å²) in [4.78, 5) is 1.38. The zero-order valence-electron chi connectivity index (χ0n) is 11.0. The summed E-state index contributed by atoms with van der Waals surface area (Å²) in [7, 11) is -3.32. The van der Waals surface area contributed by atoms with Crippen LogP contribution in [0.1, 0.15) is 5.56 Å². The maximum atomic E-state index is 12.6. The second kappa shape index (κ2) is 5.14. The number of aryl methyl sites for hydroxylation is 1. The molecule has 1 atom stereocenters. The first-order chi connectivity index (χ1) is 9.57. The molecule has 0 bridgehead atoms. The minimum absolute atomic E-state index is 0.391. The van der Waals surface area contributed by atoms with Crippen LogP contribution in [0.2, 0.25) is 0 Å². The van der Waals surface area contributed by atoms with Crippen molar-refractivity contribution in [1.29, 1.82) is 0 Å². The Morgan fingerprint density at radius 2 is 1.80 bits per heavy atom. The summed E-state index contributed by atoms with van der Waals surface area (Å²) < 4.78 is 24.8. The third-order valence-electron chi connectivity index (χ3n) is 3.30. The summed E-state index contributed by atoms with van der Waals surface area (Å²) in [6, 6.07) is 14.8. The molecule has 3 nitrogen and oxygen atoms in total. The molecule has 2 aromatic carbocycles. The van der Waals surface area contributed by atoms with Crippen molar-refractivity contribution in [1.82, 2.24) is 0 Å². The maximum Gasteiger partial charge on any atom is 0.192 e. The molecule has 0 amide bonds. The number of anilines is 1. The van der Waals surface area contributed by atoms with Gasteiger partial charge in [0.2, 0.25) is 0 Å². The van der Waals surface area contributed by atoms with E-state index >= 15 is 0 Å². The lowest BCUT2D eigenvalue weighted by atomic mass is 10.2. The van der Waals surface area contributed by atoms with E-state index in [0.717, 1.165) is 16.1 Å². The first kappa shape index (κ1) is 13.5. The number of para-hydroxylation sites is 1. The second-order valence-electron chi connectivity index (χ2n) is 4.78. The van der Waals surface area contributed by atoms with Gasteiger partial charge < -0.3 is 5.32 Å². The fourth-order valence-corrected chi connectivity index (χ4v) is 5.29. The Bertz CT molecular complexity index is 724. The molecular formula is C15H15NO2S2. The average molecular weight is 305 g/mol. The molecule has 1 N–H and O–H groups in total. The quantitative estimate of drug-likeness (QED) is 0.924. The molecule has 0 radical (unpaired) electrons. The number of nitrogens with one attached hydrogen (secondary N) is 1. The fraction of sp³-hybridized carbons (Fsp3) is 0.200. The van der Waals surface area contributed by atoms with Gasteiger partial charge in [-0.15, -0.1) is 11.8 Å². The lowest BCUT2D eigenvalue weighted by Crippen LogP contribution is -2.29. The van der Waals surface area contributed by atoms with Crippen LogP contribution in [0.3, 0.4) is 0 Å². The van der Waals surface area contributed by atoms with Gasteiger partial charge in [0, 0.05) is 17.1 Å². The van der Waals surface area contributed by atoms with Gasteiger partial charge in [0.15, 0.2) is 9.84 Å². The summed E-state index contributed by atoms with van der Waals surface area (Å²) in [5.41, 5.74) is 2.07. The van der Waals surface area contributed by atoms with Crippen LogP contribution in [0.5, 0.6) is 0 Å². The molecule has 0 spiro atoms. The van der Waals surface area contributed by atoms with Crippen molar-refractivity contribution < 1.29 is 8.42 Å². The first-order valence-corrected chi connectivity index (χ1v) is 8.80. The number of hydrogen-bond acceptors (Lipinski definition) is 4. The van der Waals surface area contributed by atoms with Gasteiger partial charge in [-0.3, -0.25) is 0 Å². The smallest absolute Gasteiger partial charge is 0.192 e. The predicted molar refractivity (Wildman–Crippen MR) is 82.9 cm³/mol. The molecule has 0 aromatic heterocycles. The lowest BCUT2D eigenvalue weighted by Gasteiger charge is -2.25. The Hall–Kier alpha value is -1.46. The van der Waals surface area contributed by atoms with Gasteiger partial charge >= 0.3 is 0 Å². The SMILES string of the molecule is Cc1ccc(S(=O)(=O)C2CNc3ccccc3S2)cc1. The van der Waals surface area contributed by atoms with E-state index in [1.165, 1.54) is 11.8 Å². The molecule has 3 rings (SSSR count). The van der Waals surface area contributed by atoms with Crippen LogP contribution in [0, 0.1) is 6.92 Å². The van der Waals surface area contributed by atoms with Crippen LogP contribution in [-0.4, -0.2) is 19.5 Å². The van der Waals surface area contributed by atoms with Crippen LogP contribution in [0.4, 0.5) is 5.69 Å². The Balaban J connectivity index is 1.92. The van der Waals surface area contributed by atoms with Crippen molar-refractivity contribution in [3.63, 3.8) is 0 Å². The van der Waals surface area contributed by atoms with Gasteiger partial charge in [-0.1, -0.05) is 29.8 Å². The van der Waals surface area contributed by atoms with Crippen molar-refractivity contribution in [2.75, 3.05) is 11.9 Å². The van der Waals surface area contributed by atoms with E-state index in [2.05, 4.69) is 5.32 Å². The number of fused-ring (bicyclic) bond motifs is 1. The van der Waals surface area contributed by atoms with E-state index < -0.39 is 14.4 Å². The molecule has 0 saturated heterocycles. The molecule has 1 unspecified atom stereocenters. The molecule has 1 aliphatic heterocycles. The van der Waals surface area contributed by atoms with Gasteiger partial charge in [0.05, 0.1) is 4.90 Å². The van der Waals surface area contributed by atoms with Crippen LogP contribution in [-0.2, 0) is 9.84 Å². The van der Waals surface area contributed by atoms with Crippen LogP contribution in [0.25, 0.3) is 0 Å². The average Bonchev–Trinajstić information content (AvgIpc) is 2.47. The Morgan fingerprint density at radius 3 is 2.55 bits per heavy atom. The van der Waals surface area contributed by atoms with Gasteiger partial charge in [0.1, 0.15) is 4.58 Å². The van der Waals surface area contributed by atoms with Crippen molar-refractivity contribution in [3.8, 4) is 0 Å². The fourth-order valence-electron chi connectivity index (χ4n) is 2.14. The number of sulfone groups is 1. The normalized spacial score (nSPS) is 18.1. The van der Waals surface area contributed by atoms with Crippen LogP contribution < -0.4 is 5.32 Å². The standard InChI is InChI=1S/C15H15NO2S2/c1-11-6-8-12(9-7-11)20(17,18)15-10-16-13-4-2-3-5-14(13)19-15/h2-9,15-16H,10H2,1H3. The number of thioether (sulfide) groups is 1. The molecule has 0 fully saturated rings. The molecule has 2 aromatic rings. The number of rotatable bonds is 2. The minimum atomic E-state index is -3.32. The highest BCUT2D eigenvalue weighted by Crippen LogP contribution is 2.38. The van der Waals surface area contributed by atoms with Gasteiger partial charge in [-0.2, -0.15) is 0 Å². The zero-order chi connectivity index (χ0) is 14.2. The maximum absolute atomic E-state index is 12.6. The molecule has 0 aliphatic carbocycles. The molecule has 1 heterocycles. The Labute approximate surface area is 123 Å². The highest BCUT2D eigenvalue weighted by molar-refractivity contribution is 8.13. The molecular weight excluding hydrogens is 290 g/mol. The van der Waals surface area contributed by atoms with E-state index in [-0.39, 0.29) is 0 Å². The minimum Gasteiger partial charge on any atom is -0.382 e. The van der Waals surface area contributed by atoms with Gasteiger partial charge in [0.25, 0.3) is 0 Å². The molecule has 1 aliphatic rings. The summed E-state index contributed by atoms with van der Waals surface area (Å²) in [6.45, 7) is 2.38. The molecule has 5 heteroatoms. The lowest BCUT2D eigenvalue weighted by molar-refractivity contribution is 0.593. The van der Waals surface area contributed by atoms with Crippen molar-refractivity contribution in [3.05, 3.63) is 54.1 Å². The van der Waals surface area contributed by atoms with Crippen LogP contribution in [0.15, 0.2) is 58.3 Å². The van der Waals surface area contributed by atoms with Crippen LogP contribution >= 0.6 is 11.8 Å². The molecule has 104 valence electrons. The Kier molecular flexibility index (Phi) is 3.48. The monoisotopic (exact) mass is 305 g/mol. The third-order valence-corrected chi connectivity index (χ3v) is 7.18. The largest absolute Gasteiger partial charge is 0.382 e. The number of benzene rings is 2. The van der Waals surface area contributed by atoms with E-state index in [0.29, 0.717) is 11.4 Å². The summed E-state index contributed by atoms with van der Waals surface area (Å²) in [5, 5.41) is 3.20. The number of hydrogen-bond donors (Lipinski definition) is 1.